The van der Waals surface area contributed by atoms with Crippen LogP contribution in [0.5, 0.6) is 0 Å². The van der Waals surface area contributed by atoms with Crippen LogP contribution < -0.4 is 76.9 Å². The molecule has 0 fully saturated rings. The Hall–Kier alpha value is -7.27. The van der Waals surface area contributed by atoms with Crippen molar-refractivity contribution in [3.05, 3.63) is 35.9 Å². The molecule has 1 aromatic rings. The third-order valence-corrected chi connectivity index (χ3v) is 10.7. The van der Waals surface area contributed by atoms with Gasteiger partial charge in [0.2, 0.25) is 53.2 Å². The number of carboxylic acid groups (broad SMARTS) is 1. The zero-order valence-electron chi connectivity index (χ0n) is 40.9. The number of thiol groups is 1. The Balaban J connectivity index is 3.56. The number of amides is 9. The van der Waals surface area contributed by atoms with Gasteiger partial charge in [-0.05, 0) is 57.9 Å². The number of primary amides is 1. The minimum Gasteiger partial charge on any atom is -0.480 e. The highest BCUT2D eigenvalue weighted by Gasteiger charge is 2.37. The van der Waals surface area contributed by atoms with Crippen LogP contribution in [0.3, 0.4) is 0 Å². The molecule has 0 saturated carbocycles. The maximum Gasteiger partial charge on any atom is 0.327 e. The maximum absolute atomic E-state index is 14.3. The summed E-state index contributed by atoms with van der Waals surface area (Å²) in [7, 11) is 0. The van der Waals surface area contributed by atoms with Gasteiger partial charge in [0, 0.05) is 25.3 Å². The average molecular weight is 1040 g/mol. The van der Waals surface area contributed by atoms with Crippen molar-refractivity contribution in [1.29, 1.82) is 0 Å². The van der Waals surface area contributed by atoms with Gasteiger partial charge in [-0.1, -0.05) is 44.2 Å². The Kier molecular flexibility index (Phi) is 27.8. The van der Waals surface area contributed by atoms with E-state index in [2.05, 4.69) is 65.1 Å². The fourth-order valence-electron chi connectivity index (χ4n) is 6.42. The summed E-state index contributed by atoms with van der Waals surface area (Å²) in [5.74, 6) is -11.4. The van der Waals surface area contributed by atoms with Crippen molar-refractivity contribution in [1.82, 2.24) is 42.5 Å². The lowest BCUT2D eigenvalue weighted by molar-refractivity contribution is -0.141. The molecule has 0 aliphatic heterocycles. The molecule has 0 aliphatic carbocycles. The molecule has 0 radical (unpaired) electrons. The smallest absolute Gasteiger partial charge is 0.327 e. The van der Waals surface area contributed by atoms with E-state index in [9.17, 15) is 58.2 Å². The molecular formula is C43H72N16O12S. The lowest BCUT2D eigenvalue weighted by atomic mass is 10.00. The molecule has 0 saturated heterocycles. The average Bonchev–Trinajstić information content (AvgIpc) is 3.29. The largest absolute Gasteiger partial charge is 0.480 e. The highest BCUT2D eigenvalue weighted by Crippen LogP contribution is 2.11. The molecule has 22 N–H and O–H groups in total. The molecule has 29 heteroatoms. The number of carbonyl (C=O) groups is 10. The number of carbonyl (C=O) groups excluding carboxylic acids is 9. The van der Waals surface area contributed by atoms with Crippen molar-refractivity contribution in [2.45, 2.75) is 134 Å². The van der Waals surface area contributed by atoms with Gasteiger partial charge >= 0.3 is 5.97 Å². The first-order valence-electron chi connectivity index (χ1n) is 22.8. The van der Waals surface area contributed by atoms with Crippen molar-refractivity contribution in [3.63, 3.8) is 0 Å². The summed E-state index contributed by atoms with van der Waals surface area (Å²) < 4.78 is 0. The zero-order chi connectivity index (χ0) is 54.8. The monoisotopic (exact) mass is 1040 g/mol. The number of nitrogens with one attached hydrogen (secondary N) is 8. The van der Waals surface area contributed by atoms with E-state index in [1.807, 2.05) is 0 Å². The molecule has 28 nitrogen and oxygen atoms in total. The van der Waals surface area contributed by atoms with Crippen LogP contribution in [0.25, 0.3) is 0 Å². The van der Waals surface area contributed by atoms with E-state index < -0.39 is 132 Å². The van der Waals surface area contributed by atoms with Crippen molar-refractivity contribution in [2.75, 3.05) is 18.8 Å². The first-order valence-corrected chi connectivity index (χ1v) is 23.4. The van der Waals surface area contributed by atoms with E-state index in [4.69, 9.17) is 34.4 Å². The van der Waals surface area contributed by atoms with E-state index in [1.54, 1.807) is 30.3 Å². The first kappa shape index (κ1) is 62.7. The summed E-state index contributed by atoms with van der Waals surface area (Å²) in [5.41, 5.74) is 33.2. The highest BCUT2D eigenvalue weighted by molar-refractivity contribution is 7.80. The minimum absolute atomic E-state index is 0.00601. The molecule has 0 spiro atoms. The summed E-state index contributed by atoms with van der Waals surface area (Å²) in [6.45, 7) is 6.90. The van der Waals surface area contributed by atoms with Gasteiger partial charge in [-0.25, -0.2) is 4.79 Å². The lowest BCUT2D eigenvalue weighted by Crippen LogP contribution is -2.62. The Morgan fingerprint density at radius 2 is 0.986 bits per heavy atom. The van der Waals surface area contributed by atoms with Gasteiger partial charge in [0.1, 0.15) is 48.3 Å². The second-order valence-electron chi connectivity index (χ2n) is 17.1. The van der Waals surface area contributed by atoms with Crippen molar-refractivity contribution in [3.8, 4) is 0 Å². The highest BCUT2D eigenvalue weighted by atomic mass is 32.1. The molecule has 0 aromatic heterocycles. The number of hydrogen-bond donors (Lipinski definition) is 17. The number of nitrogens with two attached hydrogens (primary N) is 6. The Morgan fingerprint density at radius 1 is 0.556 bits per heavy atom. The van der Waals surface area contributed by atoms with Gasteiger partial charge in [-0.15, -0.1) is 0 Å². The van der Waals surface area contributed by atoms with Crippen LogP contribution in [0.1, 0.15) is 72.3 Å². The van der Waals surface area contributed by atoms with E-state index in [1.165, 1.54) is 27.7 Å². The molecule has 0 aliphatic rings. The number of rotatable bonds is 32. The Labute approximate surface area is 422 Å². The lowest BCUT2D eigenvalue weighted by Gasteiger charge is -2.29. The number of hydrogen-bond acceptors (Lipinski definition) is 15. The number of nitrogens with zero attached hydrogens (tertiary/aromatic N) is 2. The third-order valence-electron chi connectivity index (χ3n) is 10.4. The Bertz CT molecular complexity index is 2090. The van der Waals surface area contributed by atoms with E-state index in [0.717, 1.165) is 6.92 Å². The molecule has 0 heterocycles. The number of benzene rings is 1. The molecule has 0 unspecified atom stereocenters. The van der Waals surface area contributed by atoms with Crippen LogP contribution in [-0.4, -0.2) is 161 Å². The van der Waals surface area contributed by atoms with Gasteiger partial charge < -0.3 is 87.1 Å². The van der Waals surface area contributed by atoms with E-state index in [-0.39, 0.29) is 62.9 Å². The molecule has 1 aromatic carbocycles. The number of carboxylic acids is 1. The molecular weight excluding hydrogens is 965 g/mol. The molecule has 72 heavy (non-hydrogen) atoms. The number of guanidine groups is 2. The predicted octanol–water partition coefficient (Wildman–Crippen LogP) is -6.49. The molecule has 402 valence electrons. The molecule has 9 amide bonds. The second kappa shape index (κ2) is 31.9. The molecule has 1 rings (SSSR count). The van der Waals surface area contributed by atoms with Gasteiger partial charge in [0.15, 0.2) is 11.9 Å². The van der Waals surface area contributed by atoms with Crippen molar-refractivity contribution < 1.29 is 58.2 Å². The summed E-state index contributed by atoms with van der Waals surface area (Å²) >= 11 is 3.99. The fourth-order valence-corrected chi connectivity index (χ4v) is 6.67. The topological polar surface area (TPSA) is 488 Å². The van der Waals surface area contributed by atoms with Crippen LogP contribution in [0.4, 0.5) is 0 Å². The van der Waals surface area contributed by atoms with Gasteiger partial charge in [-0.2, -0.15) is 12.6 Å². The summed E-state index contributed by atoms with van der Waals surface area (Å²) in [6, 6.07) is -4.43. The van der Waals surface area contributed by atoms with Crippen LogP contribution in [0.2, 0.25) is 0 Å². The van der Waals surface area contributed by atoms with Crippen molar-refractivity contribution >= 4 is 83.7 Å². The quantitative estimate of drug-likeness (QED) is 0.0138. The number of aliphatic imine (C=N–C) groups is 2. The predicted molar refractivity (Wildman–Crippen MR) is 267 cm³/mol. The molecule has 10 atom stereocenters. The Morgan fingerprint density at radius 3 is 1.43 bits per heavy atom. The third kappa shape index (κ3) is 23.6. The van der Waals surface area contributed by atoms with Gasteiger partial charge in [0.25, 0.3) is 0 Å². The first-order chi connectivity index (χ1) is 33.7. The van der Waals surface area contributed by atoms with Crippen LogP contribution in [0, 0.1) is 5.92 Å². The normalized spacial score (nSPS) is 15.1. The minimum atomic E-state index is -1.81. The summed E-state index contributed by atoms with van der Waals surface area (Å²) in [4.78, 5) is 140. The van der Waals surface area contributed by atoms with Gasteiger partial charge in [0.05, 0.1) is 18.6 Å². The SMILES string of the molecule is CC(C)[C@H](NC(=O)[C@@H](NC(=O)[C@H](CC(N)=O)NC(=O)[C@H](C)NC(=O)[C@H](C)N)[C@@H](C)O)C(=O)N[C@@H](CCCN=C(N)N)C(=O)N[C@@H](Cc1ccccc1)C(=O)N[C@@H](CCCN=C(N)N)C(=O)N[C@@H](CS)C(=O)O. The van der Waals surface area contributed by atoms with Crippen LogP contribution >= 0.6 is 12.6 Å². The standard InChI is InChI=1S/C43H72N16O12S/c1-20(2)31(58-40(69)32(23(5)60)59-38(67)28(18-30(45)61)55-34(63)22(4)52-33(62)21(3)44)39(68)54-26(14-10-16-51-43(48)49)35(64)56-27(17-24-11-7-6-8-12-24)37(66)53-25(13-9-15-50-42(46)47)36(65)57-29(19-72)41(70)71/h6-8,11-12,20-23,25-29,31-32,60,72H,9-10,13-19,44H2,1-5H3,(H2,45,61)(H,52,62)(H,53,66)(H,54,68)(H,55,63)(H,56,64)(H,57,65)(H,58,69)(H,59,67)(H,70,71)(H4,46,47,50)(H4,48,49,51)/t21-,22-,23+,25-,26-,27-,28-,29-,31-,32-/m0/s1. The summed E-state index contributed by atoms with van der Waals surface area (Å²) in [5, 5.41) is 39.6. The van der Waals surface area contributed by atoms with E-state index in [0.29, 0.717) is 5.56 Å². The number of aliphatic carboxylic acids is 1. The van der Waals surface area contributed by atoms with Crippen LogP contribution in [-0.2, 0) is 54.4 Å². The molecule has 0 bridgehead atoms. The summed E-state index contributed by atoms with van der Waals surface area (Å²) in [6.07, 6.45) is -2.54. The van der Waals surface area contributed by atoms with E-state index >= 15 is 0 Å². The number of aliphatic hydroxyl groups is 1. The van der Waals surface area contributed by atoms with Crippen LogP contribution in [0.15, 0.2) is 40.3 Å². The van der Waals surface area contributed by atoms with Crippen molar-refractivity contribution in [2.24, 2.45) is 50.3 Å². The fraction of sp³-hybridized carbons (Fsp3) is 0.581. The van der Waals surface area contributed by atoms with Gasteiger partial charge in [-0.3, -0.25) is 53.1 Å². The second-order valence-corrected chi connectivity index (χ2v) is 17.4. The maximum atomic E-state index is 14.3. The number of aliphatic hydroxyl groups excluding tert-OH is 1. The zero-order valence-corrected chi connectivity index (χ0v) is 41.8.